The van der Waals surface area contributed by atoms with Crippen LogP contribution in [0.2, 0.25) is 0 Å². The highest BCUT2D eigenvalue weighted by atomic mass is 32.2. The van der Waals surface area contributed by atoms with E-state index in [1.165, 1.54) is 64.2 Å². The molecule has 140 valence electrons. The van der Waals surface area contributed by atoms with E-state index in [9.17, 15) is 4.79 Å². The van der Waals surface area contributed by atoms with Crippen molar-refractivity contribution in [2.45, 2.75) is 37.5 Å². The summed E-state index contributed by atoms with van der Waals surface area (Å²) in [5.41, 5.74) is 4.35. The summed E-state index contributed by atoms with van der Waals surface area (Å²) in [7, 11) is 0. The van der Waals surface area contributed by atoms with Gasteiger partial charge in [0, 0.05) is 18.0 Å². The average Bonchev–Trinajstić information content (AvgIpc) is 3.18. The topological polar surface area (TPSA) is 23.6 Å². The summed E-state index contributed by atoms with van der Waals surface area (Å²) in [6.07, 6.45) is 10.6. The lowest BCUT2D eigenvalue weighted by atomic mass is 9.91. The maximum atomic E-state index is 12.5. The molecule has 0 atom stereocenters. The lowest BCUT2D eigenvalue weighted by Gasteiger charge is -2.21. The predicted octanol–water partition coefficient (Wildman–Crippen LogP) is 5.27. The van der Waals surface area contributed by atoms with Crippen LogP contribution in [-0.4, -0.2) is 28.2 Å². The van der Waals surface area contributed by atoms with Gasteiger partial charge in [0.25, 0.3) is 5.91 Å². The number of nitrogens with zero attached hydrogens (tertiary/aromatic N) is 2. The second-order valence-corrected chi connectivity index (χ2v) is 9.42. The minimum absolute atomic E-state index is 0.0253. The molecule has 1 aliphatic carbocycles. The van der Waals surface area contributed by atoms with Gasteiger partial charge in [-0.1, -0.05) is 47.9 Å². The van der Waals surface area contributed by atoms with Gasteiger partial charge in [-0.3, -0.25) is 9.69 Å². The standard InChI is InChI=1S/C21H22N2OS3/c1-3-13-23-20(24)17(26-21(23)25)11-12-18-22(4-2)16-10-9-14-7-5-6-8-15(14)19(16)27-18/h3,9-12H,1,4-8,13H2,2H3. The molecule has 0 aromatic heterocycles. The number of benzene rings is 1. The Hall–Kier alpha value is -1.50. The van der Waals surface area contributed by atoms with Crippen LogP contribution in [0.25, 0.3) is 0 Å². The fraction of sp³-hybridized carbons (Fsp3) is 0.333. The Kier molecular flexibility index (Phi) is 5.48. The van der Waals surface area contributed by atoms with E-state index in [2.05, 4.69) is 36.6 Å². The molecule has 4 rings (SSSR count). The molecule has 6 heteroatoms. The molecule has 1 saturated heterocycles. The Labute approximate surface area is 174 Å². The number of thiocarbonyl (C=S) groups is 1. The number of aryl methyl sites for hydroxylation is 1. The molecule has 0 N–H and O–H groups in total. The summed E-state index contributed by atoms with van der Waals surface area (Å²) in [6.45, 7) is 7.25. The Morgan fingerprint density at radius 3 is 2.78 bits per heavy atom. The van der Waals surface area contributed by atoms with Crippen LogP contribution < -0.4 is 4.90 Å². The first-order chi connectivity index (χ1) is 13.1. The van der Waals surface area contributed by atoms with Crippen molar-refractivity contribution in [3.63, 3.8) is 0 Å². The molecule has 0 bridgehead atoms. The second kappa shape index (κ2) is 7.86. The van der Waals surface area contributed by atoms with Crippen LogP contribution in [0.3, 0.4) is 0 Å². The highest BCUT2D eigenvalue weighted by Crippen LogP contribution is 2.50. The van der Waals surface area contributed by atoms with E-state index < -0.39 is 0 Å². The molecule has 3 nitrogen and oxygen atoms in total. The third kappa shape index (κ3) is 3.39. The molecule has 0 radical (unpaired) electrons. The third-order valence-corrected chi connectivity index (χ3v) is 7.72. The van der Waals surface area contributed by atoms with Gasteiger partial charge in [-0.05, 0) is 62.0 Å². The highest BCUT2D eigenvalue weighted by Gasteiger charge is 2.32. The molecule has 3 aliphatic rings. The lowest BCUT2D eigenvalue weighted by Crippen LogP contribution is -2.27. The van der Waals surface area contributed by atoms with Crippen molar-refractivity contribution < 1.29 is 4.79 Å². The van der Waals surface area contributed by atoms with Crippen molar-refractivity contribution in [2.75, 3.05) is 18.0 Å². The number of carbonyl (C=O) groups excluding carboxylic acids is 1. The molecule has 0 saturated carbocycles. The SMILES string of the molecule is C=CCN1C(=O)C(=CC=C2Sc3c(ccc4c3CCCC4)N2CC)SC1=S. The van der Waals surface area contributed by atoms with Crippen molar-refractivity contribution >= 4 is 51.7 Å². The van der Waals surface area contributed by atoms with Crippen LogP contribution in [0.5, 0.6) is 0 Å². The van der Waals surface area contributed by atoms with E-state index in [0.29, 0.717) is 15.8 Å². The van der Waals surface area contributed by atoms with Gasteiger partial charge in [0.2, 0.25) is 0 Å². The van der Waals surface area contributed by atoms with Gasteiger partial charge >= 0.3 is 0 Å². The maximum Gasteiger partial charge on any atom is 0.266 e. The molecule has 1 fully saturated rings. The number of hydrogen-bond donors (Lipinski definition) is 0. The highest BCUT2D eigenvalue weighted by molar-refractivity contribution is 8.26. The number of thioether (sulfide) groups is 2. The fourth-order valence-electron chi connectivity index (χ4n) is 3.78. The predicted molar refractivity (Wildman–Crippen MR) is 120 cm³/mol. The number of allylic oxidation sites excluding steroid dienone is 2. The van der Waals surface area contributed by atoms with Crippen LogP contribution in [0, 0.1) is 0 Å². The smallest absolute Gasteiger partial charge is 0.266 e. The zero-order valence-corrected chi connectivity index (χ0v) is 17.8. The number of hydrogen-bond acceptors (Lipinski definition) is 5. The first kappa shape index (κ1) is 18.8. The first-order valence-electron chi connectivity index (χ1n) is 9.30. The molecule has 27 heavy (non-hydrogen) atoms. The van der Waals surface area contributed by atoms with Gasteiger partial charge in [-0.2, -0.15) is 0 Å². The largest absolute Gasteiger partial charge is 0.335 e. The van der Waals surface area contributed by atoms with Crippen LogP contribution in [0.15, 0.2) is 51.8 Å². The Bertz CT molecular complexity index is 888. The van der Waals surface area contributed by atoms with Gasteiger partial charge < -0.3 is 4.90 Å². The molecule has 2 aliphatic heterocycles. The van der Waals surface area contributed by atoms with E-state index >= 15 is 0 Å². The van der Waals surface area contributed by atoms with Crippen LogP contribution in [-0.2, 0) is 17.6 Å². The summed E-state index contributed by atoms with van der Waals surface area (Å²) in [6, 6.07) is 4.57. The molecule has 0 unspecified atom stereocenters. The molecule has 1 amide bonds. The van der Waals surface area contributed by atoms with Crippen molar-refractivity contribution in [1.82, 2.24) is 4.90 Å². The van der Waals surface area contributed by atoms with Crippen molar-refractivity contribution in [1.29, 1.82) is 0 Å². The number of rotatable bonds is 4. The Morgan fingerprint density at radius 2 is 2.00 bits per heavy atom. The molecule has 0 spiro atoms. The quantitative estimate of drug-likeness (QED) is 0.379. The summed E-state index contributed by atoms with van der Waals surface area (Å²) < 4.78 is 0.605. The minimum atomic E-state index is -0.0253. The normalized spacial score (nSPS) is 22.0. The monoisotopic (exact) mass is 414 g/mol. The van der Waals surface area contributed by atoms with Gasteiger partial charge in [0.15, 0.2) is 0 Å². The van der Waals surface area contributed by atoms with E-state index in [4.69, 9.17) is 12.2 Å². The molecule has 1 aromatic carbocycles. The van der Waals surface area contributed by atoms with E-state index in [0.717, 1.165) is 6.54 Å². The number of amides is 1. The number of anilines is 1. The second-order valence-electron chi connectivity index (χ2n) is 6.71. The van der Waals surface area contributed by atoms with Crippen LogP contribution >= 0.6 is 35.7 Å². The maximum absolute atomic E-state index is 12.5. The summed E-state index contributed by atoms with van der Waals surface area (Å²) in [4.78, 5) is 18.6. The van der Waals surface area contributed by atoms with Crippen LogP contribution in [0.1, 0.15) is 30.9 Å². The zero-order valence-electron chi connectivity index (χ0n) is 15.4. The van der Waals surface area contributed by atoms with Crippen molar-refractivity contribution in [2.24, 2.45) is 0 Å². The van der Waals surface area contributed by atoms with Gasteiger partial charge in [-0.25, -0.2) is 0 Å². The Morgan fingerprint density at radius 1 is 1.19 bits per heavy atom. The summed E-state index contributed by atoms with van der Waals surface area (Å²) in [5.74, 6) is -0.0253. The van der Waals surface area contributed by atoms with Gasteiger partial charge in [0.1, 0.15) is 4.32 Å². The Balaban J connectivity index is 1.64. The minimum Gasteiger partial charge on any atom is -0.335 e. The summed E-state index contributed by atoms with van der Waals surface area (Å²) in [5, 5.41) is 1.18. The third-order valence-electron chi connectivity index (χ3n) is 5.10. The van der Waals surface area contributed by atoms with E-state index in [-0.39, 0.29) is 5.91 Å². The van der Waals surface area contributed by atoms with Gasteiger partial charge in [-0.15, -0.1) is 6.58 Å². The van der Waals surface area contributed by atoms with Crippen molar-refractivity contribution in [3.05, 3.63) is 58.0 Å². The summed E-state index contributed by atoms with van der Waals surface area (Å²) >= 11 is 8.53. The zero-order chi connectivity index (χ0) is 19.0. The van der Waals surface area contributed by atoms with E-state index in [1.54, 1.807) is 11.0 Å². The molecular weight excluding hydrogens is 392 g/mol. The molecule has 2 heterocycles. The fourth-order valence-corrected chi connectivity index (χ4v) is 6.32. The van der Waals surface area contributed by atoms with Gasteiger partial charge in [0.05, 0.1) is 15.6 Å². The molecular formula is C21H22N2OS3. The number of fused-ring (bicyclic) bond motifs is 3. The lowest BCUT2D eigenvalue weighted by molar-refractivity contribution is -0.121. The van der Waals surface area contributed by atoms with Crippen molar-refractivity contribution in [3.8, 4) is 0 Å². The molecule has 1 aromatic rings. The number of carbonyl (C=O) groups is 1. The van der Waals surface area contributed by atoms with E-state index in [1.807, 2.05) is 17.8 Å². The first-order valence-corrected chi connectivity index (χ1v) is 11.3. The average molecular weight is 415 g/mol. The van der Waals surface area contributed by atoms with Crippen LogP contribution in [0.4, 0.5) is 5.69 Å².